The Labute approximate surface area is 80.0 Å². The van der Waals surface area contributed by atoms with Crippen LogP contribution in [0.1, 0.15) is 0 Å². The Hall–Kier alpha value is -1.16. The van der Waals surface area contributed by atoms with Crippen molar-refractivity contribution in [1.29, 1.82) is 0 Å². The molecule has 13 heavy (non-hydrogen) atoms. The van der Waals surface area contributed by atoms with E-state index in [1.807, 2.05) is 18.2 Å². The van der Waals surface area contributed by atoms with Crippen LogP contribution in [0.2, 0.25) is 0 Å². The first-order chi connectivity index (χ1) is 6.16. The van der Waals surface area contributed by atoms with Crippen molar-refractivity contribution in [1.82, 2.24) is 0 Å². The third-order valence-corrected chi connectivity index (χ3v) is 3.35. The molecule has 4 heteroatoms. The average molecular weight is 195 g/mol. The highest BCUT2D eigenvalue weighted by Gasteiger charge is 2.29. The summed E-state index contributed by atoms with van der Waals surface area (Å²) in [6.45, 7) is 0. The molecule has 2 rings (SSSR count). The second-order valence-corrected chi connectivity index (χ2v) is 4.24. The molecule has 0 saturated heterocycles. The van der Waals surface area contributed by atoms with E-state index < -0.39 is 5.97 Å². The number of hydrogen-bond acceptors (Lipinski definition) is 3. The Morgan fingerprint density at radius 3 is 3.00 bits per heavy atom. The first kappa shape index (κ1) is 8.44. The van der Waals surface area contributed by atoms with E-state index in [-0.39, 0.29) is 11.2 Å². The number of rotatable bonds is 1. The summed E-state index contributed by atoms with van der Waals surface area (Å²) >= 11 is 1.36. The average Bonchev–Trinajstić information content (AvgIpc) is 2.46. The van der Waals surface area contributed by atoms with Crippen LogP contribution in [0.25, 0.3) is 0 Å². The fraction of sp³-hybridized carbons (Fsp3) is 0.222. The number of thioether (sulfide) groups is 1. The van der Waals surface area contributed by atoms with Gasteiger partial charge in [-0.3, -0.25) is 0 Å². The molecule has 2 aliphatic rings. The molecule has 2 unspecified atom stereocenters. The van der Waals surface area contributed by atoms with Crippen molar-refractivity contribution in [2.24, 2.45) is 11.7 Å². The first-order valence-electron chi connectivity index (χ1n) is 3.94. The molecule has 0 spiro atoms. The van der Waals surface area contributed by atoms with Crippen LogP contribution in [0.15, 0.2) is 34.9 Å². The number of nitrogens with two attached hydrogens (primary N) is 1. The van der Waals surface area contributed by atoms with Crippen molar-refractivity contribution >= 4 is 17.7 Å². The summed E-state index contributed by atoms with van der Waals surface area (Å²) in [5.74, 6) is -0.650. The summed E-state index contributed by atoms with van der Waals surface area (Å²) in [7, 11) is 0. The smallest absolute Gasteiger partial charge is 0.341 e. The van der Waals surface area contributed by atoms with Crippen molar-refractivity contribution in [2.45, 2.75) is 5.25 Å². The SMILES string of the molecule is NC1=CC2SC(C(=O)O)=CC2C=C1. The predicted molar refractivity (Wildman–Crippen MR) is 52.0 cm³/mol. The van der Waals surface area contributed by atoms with Gasteiger partial charge in [-0.15, -0.1) is 11.8 Å². The highest BCUT2D eigenvalue weighted by Crippen LogP contribution is 2.40. The molecule has 0 bridgehead atoms. The summed E-state index contributed by atoms with van der Waals surface area (Å²) in [5.41, 5.74) is 6.32. The largest absolute Gasteiger partial charge is 0.477 e. The molecule has 0 aromatic rings. The van der Waals surface area contributed by atoms with Crippen molar-refractivity contribution < 1.29 is 9.90 Å². The molecule has 1 heterocycles. The summed E-state index contributed by atoms with van der Waals surface area (Å²) < 4.78 is 0. The minimum atomic E-state index is -0.847. The lowest BCUT2D eigenvalue weighted by molar-refractivity contribution is -0.131. The van der Waals surface area contributed by atoms with Gasteiger partial charge in [0.15, 0.2) is 0 Å². The van der Waals surface area contributed by atoms with E-state index in [9.17, 15) is 4.79 Å². The Kier molecular flexibility index (Phi) is 1.92. The Balaban J connectivity index is 2.22. The van der Waals surface area contributed by atoms with Crippen LogP contribution in [0, 0.1) is 5.92 Å². The van der Waals surface area contributed by atoms with Gasteiger partial charge in [-0.25, -0.2) is 4.79 Å². The topological polar surface area (TPSA) is 63.3 Å². The number of carboxylic acid groups (broad SMARTS) is 1. The summed E-state index contributed by atoms with van der Waals surface area (Å²) in [5, 5.41) is 8.94. The molecule has 1 aliphatic heterocycles. The molecule has 0 saturated carbocycles. The van der Waals surface area contributed by atoms with E-state index >= 15 is 0 Å². The lowest BCUT2D eigenvalue weighted by Gasteiger charge is -2.15. The molecular weight excluding hydrogens is 186 g/mol. The standard InChI is InChI=1S/C9H9NO2S/c10-6-2-1-5-3-8(9(11)12)13-7(5)4-6/h1-5,7H,10H2,(H,11,12). The maximum Gasteiger partial charge on any atom is 0.341 e. The van der Waals surface area contributed by atoms with Gasteiger partial charge in [0, 0.05) is 16.9 Å². The zero-order chi connectivity index (χ0) is 9.42. The minimum absolute atomic E-state index is 0.177. The van der Waals surface area contributed by atoms with Crippen LogP contribution in [0.4, 0.5) is 0 Å². The summed E-state index contributed by atoms with van der Waals surface area (Å²) in [6.07, 6.45) is 7.45. The number of aliphatic carboxylic acids is 1. The van der Waals surface area contributed by atoms with Crippen molar-refractivity contribution in [3.63, 3.8) is 0 Å². The lowest BCUT2D eigenvalue weighted by Crippen LogP contribution is -2.13. The van der Waals surface area contributed by atoms with Gasteiger partial charge in [-0.1, -0.05) is 12.2 Å². The molecule has 0 radical (unpaired) electrons. The van der Waals surface area contributed by atoms with Gasteiger partial charge in [0.2, 0.25) is 0 Å². The Morgan fingerprint density at radius 1 is 1.54 bits per heavy atom. The van der Waals surface area contributed by atoms with Gasteiger partial charge in [0.1, 0.15) is 0 Å². The monoisotopic (exact) mass is 195 g/mol. The molecule has 0 aromatic heterocycles. The van der Waals surface area contributed by atoms with E-state index in [1.165, 1.54) is 11.8 Å². The predicted octanol–water partition coefficient (Wildman–Crippen LogP) is 1.10. The number of allylic oxidation sites excluding steroid dienone is 3. The zero-order valence-electron chi connectivity index (χ0n) is 6.81. The van der Waals surface area contributed by atoms with Gasteiger partial charge < -0.3 is 10.8 Å². The van der Waals surface area contributed by atoms with Crippen LogP contribution >= 0.6 is 11.8 Å². The lowest BCUT2D eigenvalue weighted by atomic mass is 9.99. The third-order valence-electron chi connectivity index (χ3n) is 2.06. The van der Waals surface area contributed by atoms with E-state index in [0.717, 1.165) is 0 Å². The van der Waals surface area contributed by atoms with Gasteiger partial charge in [0.25, 0.3) is 0 Å². The van der Waals surface area contributed by atoms with E-state index in [2.05, 4.69) is 0 Å². The molecule has 0 fully saturated rings. The summed E-state index contributed by atoms with van der Waals surface area (Å²) in [6, 6.07) is 0. The second-order valence-electron chi connectivity index (χ2n) is 3.02. The van der Waals surface area contributed by atoms with Crippen LogP contribution in [-0.2, 0) is 4.79 Å². The molecule has 1 aliphatic carbocycles. The number of carbonyl (C=O) groups is 1. The van der Waals surface area contributed by atoms with Crippen molar-refractivity contribution in [3.05, 3.63) is 34.9 Å². The third kappa shape index (κ3) is 1.49. The molecule has 0 aromatic carbocycles. The highest BCUT2D eigenvalue weighted by atomic mass is 32.2. The molecule has 68 valence electrons. The second kappa shape index (κ2) is 2.96. The minimum Gasteiger partial charge on any atom is -0.477 e. The molecule has 2 atom stereocenters. The summed E-state index contributed by atoms with van der Waals surface area (Å²) in [4.78, 5) is 11.1. The zero-order valence-corrected chi connectivity index (χ0v) is 7.62. The van der Waals surface area contributed by atoms with E-state index in [0.29, 0.717) is 10.6 Å². The number of hydrogen-bond donors (Lipinski definition) is 2. The fourth-order valence-corrected chi connectivity index (χ4v) is 2.61. The van der Waals surface area contributed by atoms with Gasteiger partial charge in [-0.2, -0.15) is 0 Å². The molecule has 3 nitrogen and oxygen atoms in total. The molecular formula is C9H9NO2S. The maximum absolute atomic E-state index is 10.7. The molecule has 0 amide bonds. The van der Waals surface area contributed by atoms with Crippen molar-refractivity contribution in [2.75, 3.05) is 0 Å². The van der Waals surface area contributed by atoms with Crippen LogP contribution in [0.5, 0.6) is 0 Å². The van der Waals surface area contributed by atoms with Crippen LogP contribution < -0.4 is 5.73 Å². The fourth-order valence-electron chi connectivity index (χ4n) is 1.43. The van der Waals surface area contributed by atoms with Gasteiger partial charge in [-0.05, 0) is 12.2 Å². The normalized spacial score (nSPS) is 30.8. The van der Waals surface area contributed by atoms with Gasteiger partial charge >= 0.3 is 5.97 Å². The van der Waals surface area contributed by atoms with Gasteiger partial charge in [0.05, 0.1) is 4.91 Å². The van der Waals surface area contributed by atoms with E-state index in [1.54, 1.807) is 6.08 Å². The quantitative estimate of drug-likeness (QED) is 0.657. The van der Waals surface area contributed by atoms with Crippen LogP contribution in [-0.4, -0.2) is 16.3 Å². The van der Waals surface area contributed by atoms with Crippen LogP contribution in [0.3, 0.4) is 0 Å². The highest BCUT2D eigenvalue weighted by molar-refractivity contribution is 8.05. The maximum atomic E-state index is 10.7. The first-order valence-corrected chi connectivity index (χ1v) is 4.82. The van der Waals surface area contributed by atoms with E-state index in [4.69, 9.17) is 10.8 Å². The number of fused-ring (bicyclic) bond motifs is 1. The molecule has 3 N–H and O–H groups in total. The van der Waals surface area contributed by atoms with Crippen molar-refractivity contribution in [3.8, 4) is 0 Å². The number of carboxylic acids is 1. The Bertz CT molecular complexity index is 344. The Morgan fingerprint density at radius 2 is 2.31 bits per heavy atom.